The monoisotopic (exact) mass is 434 g/mol. The van der Waals surface area contributed by atoms with Gasteiger partial charge in [-0.2, -0.15) is 0 Å². The van der Waals surface area contributed by atoms with Gasteiger partial charge in [0.1, 0.15) is 0 Å². The molecule has 3 rings (SSSR count). The van der Waals surface area contributed by atoms with Gasteiger partial charge in [-0.3, -0.25) is 29.6 Å². The second-order valence-electron chi connectivity index (χ2n) is 6.37. The summed E-state index contributed by atoms with van der Waals surface area (Å²) in [6, 6.07) is 12.7. The van der Waals surface area contributed by atoms with Gasteiger partial charge in [0.05, 0.1) is 22.5 Å². The van der Waals surface area contributed by atoms with Gasteiger partial charge in [-0.1, -0.05) is 53.5 Å². The zero-order chi connectivity index (χ0) is 21.0. The lowest BCUT2D eigenvalue weighted by molar-refractivity contribution is -0.147. The number of hydrogen-bond donors (Lipinski definition) is 1. The van der Waals surface area contributed by atoms with Crippen molar-refractivity contribution in [3.8, 4) is 0 Å². The summed E-state index contributed by atoms with van der Waals surface area (Å²) in [5.41, 5.74) is 3.08. The summed E-state index contributed by atoms with van der Waals surface area (Å²) in [7, 11) is 0. The molecule has 2 aromatic rings. The topological polar surface area (TPSA) is 92.8 Å². The molecule has 0 aromatic heterocycles. The summed E-state index contributed by atoms with van der Waals surface area (Å²) in [6.07, 6.45) is -0.125. The standard InChI is InChI=1S/C20H16Cl2N2O5/c21-15-7-6-13(8-16(15)22)19(27)23-24-10-14(9-18(24)26)20(28)29-11-17(25)12-4-2-1-3-5-12/h1-8,14H,9-11H2,(H,23,27)/t14-/m1/s1. The van der Waals surface area contributed by atoms with Crippen LogP contribution in [-0.4, -0.2) is 41.7 Å². The highest BCUT2D eigenvalue weighted by atomic mass is 35.5. The minimum absolute atomic E-state index is 0.0513. The lowest BCUT2D eigenvalue weighted by Gasteiger charge is -2.17. The largest absolute Gasteiger partial charge is 0.457 e. The van der Waals surface area contributed by atoms with Crippen LogP contribution in [0, 0.1) is 5.92 Å². The molecule has 1 N–H and O–H groups in total. The number of Topliss-reactive ketones (excluding diaryl/α,β-unsaturated/α-hetero) is 1. The number of benzene rings is 2. The summed E-state index contributed by atoms with van der Waals surface area (Å²) < 4.78 is 5.05. The van der Waals surface area contributed by atoms with Crippen LogP contribution in [0.2, 0.25) is 10.0 Å². The van der Waals surface area contributed by atoms with Crippen LogP contribution in [0.1, 0.15) is 27.1 Å². The quantitative estimate of drug-likeness (QED) is 0.557. The van der Waals surface area contributed by atoms with Gasteiger partial charge in [0.2, 0.25) is 5.91 Å². The van der Waals surface area contributed by atoms with E-state index >= 15 is 0 Å². The van der Waals surface area contributed by atoms with Crippen LogP contribution >= 0.6 is 23.2 Å². The molecule has 0 unspecified atom stereocenters. The van der Waals surface area contributed by atoms with E-state index in [0.717, 1.165) is 5.01 Å². The van der Waals surface area contributed by atoms with Gasteiger partial charge in [-0.15, -0.1) is 0 Å². The molecule has 1 aliphatic rings. The maximum absolute atomic E-state index is 12.3. The fourth-order valence-electron chi connectivity index (χ4n) is 2.76. The van der Waals surface area contributed by atoms with Crippen molar-refractivity contribution >= 4 is 46.8 Å². The molecule has 29 heavy (non-hydrogen) atoms. The molecule has 1 atom stereocenters. The number of ether oxygens (including phenoxy) is 1. The van der Waals surface area contributed by atoms with Gasteiger partial charge >= 0.3 is 5.97 Å². The number of carbonyl (C=O) groups is 4. The van der Waals surface area contributed by atoms with Gasteiger partial charge in [0.15, 0.2) is 12.4 Å². The van der Waals surface area contributed by atoms with Crippen LogP contribution < -0.4 is 5.43 Å². The second-order valence-corrected chi connectivity index (χ2v) is 7.19. The molecule has 1 aliphatic heterocycles. The molecule has 0 saturated carbocycles. The van der Waals surface area contributed by atoms with Crippen LogP contribution in [0.5, 0.6) is 0 Å². The number of hydrazine groups is 1. The summed E-state index contributed by atoms with van der Waals surface area (Å²) in [4.78, 5) is 48.6. The third-order valence-corrected chi connectivity index (χ3v) is 5.06. The van der Waals surface area contributed by atoms with E-state index in [0.29, 0.717) is 10.6 Å². The highest BCUT2D eigenvalue weighted by Crippen LogP contribution is 2.23. The van der Waals surface area contributed by atoms with Crippen LogP contribution in [-0.2, 0) is 14.3 Å². The molecule has 0 spiro atoms. The lowest BCUT2D eigenvalue weighted by Crippen LogP contribution is -2.43. The lowest BCUT2D eigenvalue weighted by atomic mass is 10.1. The number of rotatable bonds is 6. The van der Waals surface area contributed by atoms with Gasteiger partial charge < -0.3 is 4.74 Å². The fraction of sp³-hybridized carbons (Fsp3) is 0.200. The number of nitrogens with zero attached hydrogens (tertiary/aromatic N) is 1. The Morgan fingerprint density at radius 1 is 1.03 bits per heavy atom. The van der Waals surface area contributed by atoms with Crippen LogP contribution in [0.3, 0.4) is 0 Å². The highest BCUT2D eigenvalue weighted by molar-refractivity contribution is 6.42. The third kappa shape index (κ3) is 5.13. The Bertz CT molecular complexity index is 965. The van der Waals surface area contributed by atoms with E-state index in [2.05, 4.69) is 5.43 Å². The van der Waals surface area contributed by atoms with E-state index in [1.807, 2.05) is 0 Å². The molecule has 0 radical (unpaired) electrons. The van der Waals surface area contributed by atoms with E-state index in [1.165, 1.54) is 18.2 Å². The van der Waals surface area contributed by atoms with Crippen molar-refractivity contribution in [1.82, 2.24) is 10.4 Å². The third-order valence-electron chi connectivity index (χ3n) is 4.32. The Balaban J connectivity index is 1.53. The van der Waals surface area contributed by atoms with Crippen LogP contribution in [0.25, 0.3) is 0 Å². The number of esters is 1. The summed E-state index contributed by atoms with van der Waals surface area (Å²) in [5, 5.41) is 1.56. The number of ketones is 1. The molecule has 0 aliphatic carbocycles. The first-order chi connectivity index (χ1) is 13.8. The number of nitrogens with one attached hydrogen (secondary N) is 1. The van der Waals surface area contributed by atoms with Crippen LogP contribution in [0.15, 0.2) is 48.5 Å². The Hall–Kier alpha value is -2.90. The first kappa shape index (κ1) is 20.8. The van der Waals surface area contributed by atoms with E-state index in [4.69, 9.17) is 27.9 Å². The van der Waals surface area contributed by atoms with E-state index < -0.39 is 30.3 Å². The second kappa shape index (κ2) is 9.07. The molecule has 7 nitrogen and oxygen atoms in total. The molecule has 9 heteroatoms. The molecule has 150 valence electrons. The van der Waals surface area contributed by atoms with Gasteiger partial charge in [0.25, 0.3) is 5.91 Å². The number of hydrogen-bond acceptors (Lipinski definition) is 5. The summed E-state index contributed by atoms with van der Waals surface area (Å²) in [5.74, 6) is -2.79. The predicted octanol–water partition coefficient (Wildman–Crippen LogP) is 2.91. The predicted molar refractivity (Wildman–Crippen MR) is 105 cm³/mol. The SMILES string of the molecule is O=C(COC(=O)[C@@H]1CC(=O)N(NC(=O)c2ccc(Cl)c(Cl)c2)C1)c1ccccc1. The Labute approximate surface area is 176 Å². The van der Waals surface area contributed by atoms with Crippen molar-refractivity contribution in [2.24, 2.45) is 5.92 Å². The van der Waals surface area contributed by atoms with Crippen molar-refractivity contribution < 1.29 is 23.9 Å². The zero-order valence-electron chi connectivity index (χ0n) is 15.1. The minimum atomic E-state index is -0.778. The number of amides is 2. The highest BCUT2D eigenvalue weighted by Gasteiger charge is 2.36. The molecule has 2 amide bonds. The maximum atomic E-state index is 12.3. The molecule has 0 bridgehead atoms. The Morgan fingerprint density at radius 3 is 2.45 bits per heavy atom. The van der Waals surface area contributed by atoms with Crippen LogP contribution in [0.4, 0.5) is 0 Å². The number of carbonyl (C=O) groups excluding carboxylic acids is 4. The number of halogens is 2. The van der Waals surface area contributed by atoms with Crippen molar-refractivity contribution in [2.45, 2.75) is 6.42 Å². The molecule has 1 saturated heterocycles. The maximum Gasteiger partial charge on any atom is 0.311 e. The minimum Gasteiger partial charge on any atom is -0.457 e. The van der Waals surface area contributed by atoms with Gasteiger partial charge in [-0.25, -0.2) is 0 Å². The average molecular weight is 435 g/mol. The van der Waals surface area contributed by atoms with Gasteiger partial charge in [-0.05, 0) is 18.2 Å². The smallest absolute Gasteiger partial charge is 0.311 e. The van der Waals surface area contributed by atoms with E-state index in [-0.39, 0.29) is 29.3 Å². The summed E-state index contributed by atoms with van der Waals surface area (Å²) in [6.45, 7) is -0.465. The van der Waals surface area contributed by atoms with Crippen molar-refractivity contribution in [1.29, 1.82) is 0 Å². The Kier molecular flexibility index (Phi) is 6.51. The normalized spacial score (nSPS) is 15.9. The average Bonchev–Trinajstić information content (AvgIpc) is 3.09. The molecular formula is C20H16Cl2N2O5. The fourth-order valence-corrected chi connectivity index (χ4v) is 3.06. The van der Waals surface area contributed by atoms with E-state index in [9.17, 15) is 19.2 Å². The van der Waals surface area contributed by atoms with Gasteiger partial charge in [0, 0.05) is 17.5 Å². The molecule has 1 heterocycles. The first-order valence-corrected chi connectivity index (χ1v) is 9.42. The van der Waals surface area contributed by atoms with Crippen molar-refractivity contribution in [2.75, 3.05) is 13.2 Å². The van der Waals surface area contributed by atoms with Crippen molar-refractivity contribution in [3.63, 3.8) is 0 Å². The first-order valence-electron chi connectivity index (χ1n) is 8.66. The molecule has 2 aromatic carbocycles. The molecular weight excluding hydrogens is 419 g/mol. The molecule has 1 fully saturated rings. The van der Waals surface area contributed by atoms with Crippen molar-refractivity contribution in [3.05, 3.63) is 69.7 Å². The summed E-state index contributed by atoms with van der Waals surface area (Å²) >= 11 is 11.7. The van der Waals surface area contributed by atoms with E-state index in [1.54, 1.807) is 30.3 Å². The zero-order valence-corrected chi connectivity index (χ0v) is 16.6. The Morgan fingerprint density at radius 2 is 1.76 bits per heavy atom.